The number of hydrogen-bond acceptors (Lipinski definition) is 0. The Balaban J connectivity index is 1.82. The Morgan fingerprint density at radius 1 is 0.615 bits per heavy atom. The van der Waals surface area contributed by atoms with Crippen molar-refractivity contribution in [2.45, 2.75) is 17.4 Å². The Hall–Kier alpha value is -2.32. The summed E-state index contributed by atoms with van der Waals surface area (Å²) in [7, 11) is 0. The molecule has 126 valence electrons. The van der Waals surface area contributed by atoms with Crippen LogP contribution in [0.1, 0.15) is 16.7 Å². The van der Waals surface area contributed by atoms with Crippen LogP contribution >= 0.6 is 0 Å². The molecule has 0 atom stereocenters. The van der Waals surface area contributed by atoms with Crippen LogP contribution in [0.4, 0.5) is 0 Å². The minimum absolute atomic E-state index is 1.24. The molecule has 0 unspecified atom stereocenters. The van der Waals surface area contributed by atoms with Gasteiger partial charge in [0.25, 0.3) is 0 Å². The predicted molar refractivity (Wildman–Crippen MR) is 114 cm³/mol. The van der Waals surface area contributed by atoms with Crippen molar-refractivity contribution in [3.05, 3.63) is 108 Å². The van der Waals surface area contributed by atoms with Crippen LogP contribution in [0.15, 0.2) is 91.0 Å². The van der Waals surface area contributed by atoms with Crippen molar-refractivity contribution >= 4 is 32.8 Å². The minimum atomic E-state index is -2.55. The molecule has 0 saturated carbocycles. The Bertz CT molecular complexity index is 1040. The Labute approximate surface area is 157 Å². The van der Waals surface area contributed by atoms with Gasteiger partial charge in [0.2, 0.25) is 0 Å². The van der Waals surface area contributed by atoms with Gasteiger partial charge in [0.05, 0.1) is 0 Å². The number of rotatable bonds is 2. The zero-order chi connectivity index (χ0) is 17.6. The summed E-state index contributed by atoms with van der Waals surface area (Å²) in [4.78, 5) is 0. The first-order valence-electron chi connectivity index (χ1n) is 9.39. The van der Waals surface area contributed by atoms with E-state index in [2.05, 4.69) is 97.9 Å². The predicted octanol–water partition coefficient (Wildman–Crippen LogP) is 4.59. The van der Waals surface area contributed by atoms with E-state index in [4.69, 9.17) is 0 Å². The van der Waals surface area contributed by atoms with Gasteiger partial charge in [-0.1, -0.05) is 0 Å². The summed E-state index contributed by atoms with van der Waals surface area (Å²) >= 11 is -2.55. The van der Waals surface area contributed by atoms with Crippen LogP contribution < -0.4 is 8.79 Å². The van der Waals surface area contributed by atoms with Gasteiger partial charge in [-0.2, -0.15) is 0 Å². The summed E-state index contributed by atoms with van der Waals surface area (Å²) in [6.07, 6.45) is 0. The van der Waals surface area contributed by atoms with Crippen molar-refractivity contribution in [2.75, 3.05) is 0 Å². The van der Waals surface area contributed by atoms with Crippen molar-refractivity contribution < 1.29 is 0 Å². The third-order valence-corrected chi connectivity index (χ3v) is 16.2. The van der Waals surface area contributed by atoms with Crippen LogP contribution in [-0.2, 0) is 10.5 Å². The van der Waals surface area contributed by atoms with E-state index in [1.54, 1.807) is 19.9 Å². The topological polar surface area (TPSA) is 0 Å². The van der Waals surface area contributed by atoms with Crippen molar-refractivity contribution in [3.8, 4) is 0 Å². The molecule has 26 heavy (non-hydrogen) atoms. The molecule has 4 aromatic carbocycles. The summed E-state index contributed by atoms with van der Waals surface area (Å²) in [6, 6.07) is 34.2. The van der Waals surface area contributed by atoms with Crippen LogP contribution in [0.3, 0.4) is 0 Å². The van der Waals surface area contributed by atoms with Gasteiger partial charge in [0.1, 0.15) is 0 Å². The van der Waals surface area contributed by atoms with E-state index in [1.807, 2.05) is 0 Å². The molecule has 0 aliphatic carbocycles. The van der Waals surface area contributed by atoms with Gasteiger partial charge < -0.3 is 0 Å². The third-order valence-electron chi connectivity index (χ3n) is 6.10. The average Bonchev–Trinajstić information content (AvgIpc) is 2.72. The number of aryl methyl sites for hydroxylation is 1. The van der Waals surface area contributed by atoms with Crippen molar-refractivity contribution in [1.29, 1.82) is 0 Å². The van der Waals surface area contributed by atoms with E-state index in [9.17, 15) is 0 Å². The average molecular weight is 395 g/mol. The van der Waals surface area contributed by atoms with Gasteiger partial charge in [-0.15, -0.1) is 0 Å². The van der Waals surface area contributed by atoms with Crippen molar-refractivity contribution in [1.82, 2.24) is 0 Å². The molecule has 1 aliphatic rings. The van der Waals surface area contributed by atoms with Gasteiger partial charge in [0, 0.05) is 0 Å². The quantitative estimate of drug-likeness (QED) is 0.436. The molecule has 0 N–H and O–H groups in total. The molecule has 4 aromatic rings. The van der Waals surface area contributed by atoms with Crippen molar-refractivity contribution in [2.24, 2.45) is 0 Å². The molecule has 0 saturated heterocycles. The summed E-state index contributed by atoms with van der Waals surface area (Å²) < 4.78 is 3.20. The first kappa shape index (κ1) is 15.9. The Morgan fingerprint density at radius 3 is 1.92 bits per heavy atom. The van der Waals surface area contributed by atoms with Gasteiger partial charge in [0.15, 0.2) is 0 Å². The maximum absolute atomic E-state index is 2.55. The fourth-order valence-corrected chi connectivity index (χ4v) is 15.2. The number of benzene rings is 4. The summed E-state index contributed by atoms with van der Waals surface area (Å²) in [5.41, 5.74) is 4.60. The fourth-order valence-electron chi connectivity index (χ4n) is 4.79. The van der Waals surface area contributed by atoms with Gasteiger partial charge in [-0.05, 0) is 0 Å². The van der Waals surface area contributed by atoms with E-state index < -0.39 is 13.3 Å². The van der Waals surface area contributed by atoms with Crippen LogP contribution in [0, 0.1) is 6.92 Å². The zero-order valence-corrected chi connectivity index (χ0v) is 17.2. The summed E-state index contributed by atoms with van der Waals surface area (Å²) in [5.74, 6) is 0. The van der Waals surface area contributed by atoms with Crippen molar-refractivity contribution in [3.63, 3.8) is 0 Å². The fraction of sp³-hybridized carbons (Fsp3) is 0.120. The molecular formula is C25H22Ge. The SMILES string of the molecule is Cc1ccc2cccc3c2c1[CH2][Ge]([c]1ccccc1)([c]1ccccc1)[CH2]3. The van der Waals surface area contributed by atoms with Gasteiger partial charge in [-0.3, -0.25) is 0 Å². The normalized spacial score (nSPS) is 15.1. The molecule has 5 rings (SSSR count). The second-order valence-corrected chi connectivity index (χ2v) is 16.0. The maximum atomic E-state index is 2.39. The van der Waals surface area contributed by atoms with Gasteiger partial charge in [-0.25, -0.2) is 0 Å². The molecular weight excluding hydrogens is 373 g/mol. The molecule has 1 heterocycles. The zero-order valence-electron chi connectivity index (χ0n) is 15.1. The first-order valence-corrected chi connectivity index (χ1v) is 14.5. The summed E-state index contributed by atoms with van der Waals surface area (Å²) in [5, 5.41) is 5.41. The van der Waals surface area contributed by atoms with Gasteiger partial charge >= 0.3 is 158 Å². The third kappa shape index (κ3) is 2.36. The molecule has 0 radical (unpaired) electrons. The first-order chi connectivity index (χ1) is 12.8. The van der Waals surface area contributed by atoms with Crippen LogP contribution in [-0.4, -0.2) is 13.3 Å². The Kier molecular flexibility index (Phi) is 3.75. The van der Waals surface area contributed by atoms with E-state index in [1.165, 1.54) is 26.8 Å². The molecule has 0 aromatic heterocycles. The molecule has 1 aliphatic heterocycles. The van der Waals surface area contributed by atoms with Crippen LogP contribution in [0.25, 0.3) is 10.8 Å². The molecule has 0 amide bonds. The van der Waals surface area contributed by atoms with E-state index in [0.717, 1.165) is 0 Å². The monoisotopic (exact) mass is 396 g/mol. The second-order valence-electron chi connectivity index (χ2n) is 7.54. The molecule has 0 spiro atoms. The van der Waals surface area contributed by atoms with Crippen LogP contribution in [0.2, 0.25) is 0 Å². The van der Waals surface area contributed by atoms with Crippen LogP contribution in [0.5, 0.6) is 0 Å². The summed E-state index contributed by atoms with van der Waals surface area (Å²) in [6.45, 7) is 2.29. The Morgan fingerprint density at radius 2 is 1.27 bits per heavy atom. The molecule has 0 bridgehead atoms. The van der Waals surface area contributed by atoms with E-state index >= 15 is 0 Å². The molecule has 1 heteroatoms. The molecule has 0 fully saturated rings. The number of hydrogen-bond donors (Lipinski definition) is 0. The molecule has 0 nitrogen and oxygen atoms in total. The standard InChI is InChI=1S/C25H22Ge/c1-19-15-16-20-9-8-10-21-17-26(18-24(19)25(20)21,22-11-4-2-5-12-22)23-13-6-3-7-14-23/h2-16H,17-18H2,1H3. The van der Waals surface area contributed by atoms with E-state index in [0.29, 0.717) is 0 Å². The van der Waals surface area contributed by atoms with E-state index in [-0.39, 0.29) is 0 Å². The second kappa shape index (κ2) is 6.14.